The fourth-order valence-electron chi connectivity index (χ4n) is 3.40. The highest BCUT2D eigenvalue weighted by atomic mass is 16.5. The maximum absolute atomic E-state index is 12.2. The molecule has 0 aromatic heterocycles. The van der Waals surface area contributed by atoms with Gasteiger partial charge in [0.15, 0.2) is 0 Å². The van der Waals surface area contributed by atoms with Gasteiger partial charge in [-0.1, -0.05) is 68.4 Å². The average Bonchev–Trinajstić information content (AvgIpc) is 3.00. The third-order valence-electron chi connectivity index (χ3n) is 4.75. The Hall–Kier alpha value is -2.46. The van der Waals surface area contributed by atoms with Crippen molar-refractivity contribution in [2.24, 2.45) is 5.92 Å². The largest absolute Gasteiger partial charge is 0.379 e. The Kier molecular flexibility index (Phi) is 6.40. The zero-order valence-electron chi connectivity index (χ0n) is 16.1. The van der Waals surface area contributed by atoms with Crippen molar-refractivity contribution < 1.29 is 14.3 Å². The molecule has 1 aliphatic rings. The van der Waals surface area contributed by atoms with Crippen molar-refractivity contribution >= 4 is 11.8 Å². The van der Waals surface area contributed by atoms with E-state index in [0.717, 1.165) is 11.1 Å². The van der Waals surface area contributed by atoms with E-state index in [1.54, 1.807) is 0 Å². The van der Waals surface area contributed by atoms with Gasteiger partial charge in [-0.15, -0.1) is 0 Å². The lowest BCUT2D eigenvalue weighted by molar-refractivity contribution is -0.142. The summed E-state index contributed by atoms with van der Waals surface area (Å²) in [5.74, 6) is 0.249. The number of ether oxygens (including phenoxy) is 1. The molecule has 0 spiro atoms. The number of likely N-dealkylation sites (tertiary alicyclic amines) is 1. The maximum Gasteiger partial charge on any atom is 0.230 e. The van der Waals surface area contributed by atoms with Gasteiger partial charge < -0.3 is 4.74 Å². The van der Waals surface area contributed by atoms with Crippen molar-refractivity contribution in [3.8, 4) is 11.1 Å². The van der Waals surface area contributed by atoms with Gasteiger partial charge in [0.05, 0.1) is 12.6 Å². The molecular weight excluding hydrogens is 338 g/mol. The molecule has 2 aromatic rings. The number of hydrogen-bond donors (Lipinski definition) is 0. The van der Waals surface area contributed by atoms with Crippen LogP contribution in [0.4, 0.5) is 0 Å². The fourth-order valence-corrected chi connectivity index (χ4v) is 3.40. The van der Waals surface area contributed by atoms with Crippen LogP contribution in [-0.2, 0) is 20.7 Å². The van der Waals surface area contributed by atoms with Crippen LogP contribution >= 0.6 is 0 Å². The Balaban J connectivity index is 1.72. The number of rotatable bonds is 8. The minimum absolute atomic E-state index is 0.0842. The third kappa shape index (κ3) is 5.04. The molecule has 0 unspecified atom stereocenters. The summed E-state index contributed by atoms with van der Waals surface area (Å²) in [7, 11) is 0. The predicted molar refractivity (Wildman–Crippen MR) is 106 cm³/mol. The van der Waals surface area contributed by atoms with Crippen molar-refractivity contribution in [3.63, 3.8) is 0 Å². The van der Waals surface area contributed by atoms with E-state index in [4.69, 9.17) is 4.74 Å². The van der Waals surface area contributed by atoms with Gasteiger partial charge in [-0.2, -0.15) is 0 Å². The van der Waals surface area contributed by atoms with Crippen LogP contribution < -0.4 is 0 Å². The lowest BCUT2D eigenvalue weighted by atomic mass is 10.0. The highest BCUT2D eigenvalue weighted by molar-refractivity contribution is 6.02. The minimum atomic E-state index is -0.242. The van der Waals surface area contributed by atoms with E-state index in [2.05, 4.69) is 50.2 Å². The van der Waals surface area contributed by atoms with Crippen molar-refractivity contribution in [1.82, 2.24) is 4.90 Å². The smallest absolute Gasteiger partial charge is 0.230 e. The first kappa shape index (κ1) is 19.3. The van der Waals surface area contributed by atoms with Crippen molar-refractivity contribution in [2.45, 2.75) is 39.2 Å². The van der Waals surface area contributed by atoms with E-state index in [1.165, 1.54) is 10.5 Å². The van der Waals surface area contributed by atoms with Gasteiger partial charge in [-0.05, 0) is 29.0 Å². The first-order valence-electron chi connectivity index (χ1n) is 9.61. The summed E-state index contributed by atoms with van der Waals surface area (Å²) < 4.78 is 5.79. The Morgan fingerprint density at radius 1 is 0.852 bits per heavy atom. The van der Waals surface area contributed by atoms with Crippen molar-refractivity contribution in [2.75, 3.05) is 13.2 Å². The third-order valence-corrected chi connectivity index (χ3v) is 4.75. The normalized spacial score (nSPS) is 15.6. The van der Waals surface area contributed by atoms with Gasteiger partial charge >= 0.3 is 0 Å². The van der Waals surface area contributed by atoms with E-state index in [9.17, 15) is 9.59 Å². The second-order valence-electron chi connectivity index (χ2n) is 7.51. The quantitative estimate of drug-likeness (QED) is 0.662. The molecule has 0 radical (unpaired) electrons. The number of imide groups is 1. The molecule has 0 saturated carbocycles. The van der Waals surface area contributed by atoms with Crippen LogP contribution in [0.3, 0.4) is 0 Å². The number of amides is 2. The topological polar surface area (TPSA) is 46.6 Å². The Labute approximate surface area is 161 Å². The second-order valence-corrected chi connectivity index (χ2v) is 7.51. The number of nitrogens with zero attached hydrogens (tertiary/aromatic N) is 1. The first-order valence-corrected chi connectivity index (χ1v) is 9.61. The Morgan fingerprint density at radius 2 is 1.44 bits per heavy atom. The molecule has 1 fully saturated rings. The average molecular weight is 365 g/mol. The van der Waals surface area contributed by atoms with Gasteiger partial charge in [0.1, 0.15) is 0 Å². The summed E-state index contributed by atoms with van der Waals surface area (Å²) in [4.78, 5) is 25.8. The molecule has 4 heteroatoms. The van der Waals surface area contributed by atoms with Crippen LogP contribution in [0.25, 0.3) is 11.1 Å². The number of benzene rings is 2. The lowest BCUT2D eigenvalue weighted by Crippen LogP contribution is -2.43. The van der Waals surface area contributed by atoms with Gasteiger partial charge in [0, 0.05) is 19.4 Å². The van der Waals surface area contributed by atoms with Gasteiger partial charge in [-0.3, -0.25) is 14.5 Å². The summed E-state index contributed by atoms with van der Waals surface area (Å²) in [6, 6.07) is 18.3. The standard InChI is InChI=1S/C23H27NO3/c1-17(2)15-27-16-21(24-22(25)12-13-23(24)26)14-18-8-10-20(11-9-18)19-6-4-3-5-7-19/h3-11,17,21H,12-16H2,1-2H3/t21-/m1/s1. The maximum atomic E-state index is 12.2. The van der Waals surface area contributed by atoms with E-state index in [-0.39, 0.29) is 17.9 Å². The van der Waals surface area contributed by atoms with Crippen molar-refractivity contribution in [3.05, 3.63) is 60.2 Å². The summed E-state index contributed by atoms with van der Waals surface area (Å²) in [6.07, 6.45) is 1.24. The van der Waals surface area contributed by atoms with E-state index < -0.39 is 0 Å². The number of hydrogen-bond acceptors (Lipinski definition) is 3. The fraction of sp³-hybridized carbons (Fsp3) is 0.391. The molecule has 3 rings (SSSR count). The molecule has 4 nitrogen and oxygen atoms in total. The highest BCUT2D eigenvalue weighted by Crippen LogP contribution is 2.22. The zero-order valence-corrected chi connectivity index (χ0v) is 16.1. The Bertz CT molecular complexity index is 752. The summed E-state index contributed by atoms with van der Waals surface area (Å²) in [5.41, 5.74) is 3.42. The first-order chi connectivity index (χ1) is 13.0. The predicted octanol–water partition coefficient (Wildman–Crippen LogP) is 4.09. The lowest BCUT2D eigenvalue weighted by Gasteiger charge is -2.26. The van der Waals surface area contributed by atoms with Crippen LogP contribution in [0.5, 0.6) is 0 Å². The number of carbonyl (C=O) groups excluding carboxylic acids is 2. The summed E-state index contributed by atoms with van der Waals surface area (Å²) in [5, 5.41) is 0. The molecule has 1 aliphatic heterocycles. The SMILES string of the molecule is CC(C)COC[C@@H](Cc1ccc(-c2ccccc2)cc1)N1C(=O)CCC1=O. The highest BCUT2D eigenvalue weighted by Gasteiger charge is 2.35. The van der Waals surface area contributed by atoms with E-state index >= 15 is 0 Å². The summed E-state index contributed by atoms with van der Waals surface area (Å²) >= 11 is 0. The van der Waals surface area contributed by atoms with Gasteiger partial charge in [-0.25, -0.2) is 0 Å². The number of carbonyl (C=O) groups is 2. The molecular formula is C23H27NO3. The molecule has 2 amide bonds. The molecule has 1 atom stereocenters. The van der Waals surface area contributed by atoms with Crippen LogP contribution in [0.2, 0.25) is 0 Å². The van der Waals surface area contributed by atoms with Crippen LogP contribution in [-0.4, -0.2) is 36.0 Å². The second kappa shape index (κ2) is 8.96. The van der Waals surface area contributed by atoms with E-state index in [1.807, 2.05) is 18.2 Å². The van der Waals surface area contributed by atoms with Gasteiger partial charge in [0.2, 0.25) is 11.8 Å². The minimum Gasteiger partial charge on any atom is -0.379 e. The van der Waals surface area contributed by atoms with Gasteiger partial charge in [0.25, 0.3) is 0 Å². The molecule has 1 heterocycles. The molecule has 0 aliphatic carbocycles. The molecule has 0 N–H and O–H groups in total. The van der Waals surface area contributed by atoms with Crippen LogP contribution in [0.15, 0.2) is 54.6 Å². The Morgan fingerprint density at radius 3 is 2.04 bits per heavy atom. The van der Waals surface area contributed by atoms with Crippen molar-refractivity contribution in [1.29, 1.82) is 0 Å². The molecule has 1 saturated heterocycles. The van der Waals surface area contributed by atoms with E-state index in [0.29, 0.717) is 38.4 Å². The molecule has 0 bridgehead atoms. The monoisotopic (exact) mass is 365 g/mol. The molecule has 2 aromatic carbocycles. The summed E-state index contributed by atoms with van der Waals surface area (Å²) in [6.45, 7) is 5.18. The van der Waals surface area contributed by atoms with Crippen LogP contribution in [0.1, 0.15) is 32.3 Å². The molecule has 142 valence electrons. The van der Waals surface area contributed by atoms with Crippen LogP contribution in [0, 0.1) is 5.92 Å². The zero-order chi connectivity index (χ0) is 19.2. The molecule has 27 heavy (non-hydrogen) atoms.